The lowest BCUT2D eigenvalue weighted by Crippen LogP contribution is -2.32. The maximum Gasteiger partial charge on any atom is 0.407 e. The average molecular weight is 264 g/mol. The van der Waals surface area contributed by atoms with Crippen molar-refractivity contribution >= 4 is 17.7 Å². The van der Waals surface area contributed by atoms with Gasteiger partial charge in [0.1, 0.15) is 5.60 Å². The van der Waals surface area contributed by atoms with Gasteiger partial charge in [0.05, 0.1) is 0 Å². The van der Waals surface area contributed by atoms with Gasteiger partial charge >= 0.3 is 6.09 Å². The molecule has 0 radical (unpaired) electrons. The van der Waals surface area contributed by atoms with Crippen LogP contribution in [0.1, 0.15) is 33.3 Å². The highest BCUT2D eigenvalue weighted by Gasteiger charge is 2.15. The molecule has 0 spiro atoms. The number of rotatable bonds is 3. The highest BCUT2D eigenvalue weighted by atomic mass is 16.6. The quantitative estimate of drug-likeness (QED) is 0.882. The molecule has 1 aromatic rings. The lowest BCUT2D eigenvalue weighted by atomic mass is 10.2. The van der Waals surface area contributed by atoms with E-state index in [1.165, 1.54) is 6.92 Å². The number of hydrogen-bond donors (Lipinski definition) is 2. The van der Waals surface area contributed by atoms with E-state index in [0.29, 0.717) is 12.2 Å². The second kappa shape index (κ2) is 6.22. The van der Waals surface area contributed by atoms with Crippen LogP contribution in [-0.2, 0) is 16.1 Å². The minimum absolute atomic E-state index is 0.128. The van der Waals surface area contributed by atoms with Crippen molar-refractivity contribution in [3.8, 4) is 0 Å². The summed E-state index contributed by atoms with van der Waals surface area (Å²) in [5.74, 6) is -0.128. The number of carbonyl (C=O) groups excluding carboxylic acids is 2. The van der Waals surface area contributed by atoms with Crippen molar-refractivity contribution in [3.05, 3.63) is 29.8 Å². The fraction of sp³-hybridized carbons (Fsp3) is 0.429. The van der Waals surface area contributed by atoms with Gasteiger partial charge in [0.25, 0.3) is 0 Å². The normalized spacial score (nSPS) is 10.7. The molecule has 2 N–H and O–H groups in total. The molecular formula is C14H20N2O3. The molecule has 0 aromatic heterocycles. The average Bonchev–Trinajstić information content (AvgIpc) is 2.23. The summed E-state index contributed by atoms with van der Waals surface area (Å²) in [6.07, 6.45) is -0.461. The van der Waals surface area contributed by atoms with Crippen molar-refractivity contribution in [3.63, 3.8) is 0 Å². The number of amides is 2. The molecule has 2 amide bonds. The molecule has 1 rings (SSSR count). The fourth-order valence-electron chi connectivity index (χ4n) is 1.45. The molecule has 0 fully saturated rings. The zero-order chi connectivity index (χ0) is 14.5. The first-order chi connectivity index (χ1) is 8.76. The summed E-state index contributed by atoms with van der Waals surface area (Å²) >= 11 is 0. The van der Waals surface area contributed by atoms with Crippen LogP contribution in [0.15, 0.2) is 24.3 Å². The van der Waals surface area contributed by atoms with Crippen molar-refractivity contribution in [2.45, 2.75) is 39.8 Å². The van der Waals surface area contributed by atoms with Gasteiger partial charge in [0.15, 0.2) is 0 Å². The number of anilines is 1. The van der Waals surface area contributed by atoms with Crippen LogP contribution in [0.2, 0.25) is 0 Å². The zero-order valence-corrected chi connectivity index (χ0v) is 11.7. The largest absolute Gasteiger partial charge is 0.444 e. The Morgan fingerprint density at radius 2 is 1.95 bits per heavy atom. The standard InChI is InChI=1S/C14H20N2O3/c1-10(17)16-12-7-5-6-11(8-12)9-15-13(18)19-14(2,3)4/h5-8H,9H2,1-4H3,(H,15,18)(H,16,17). The Hall–Kier alpha value is -2.04. The Bertz CT molecular complexity index is 464. The van der Waals surface area contributed by atoms with Gasteiger partial charge in [-0.3, -0.25) is 4.79 Å². The maximum atomic E-state index is 11.5. The summed E-state index contributed by atoms with van der Waals surface area (Å²) in [4.78, 5) is 22.4. The van der Waals surface area contributed by atoms with Crippen LogP contribution in [0.25, 0.3) is 0 Å². The SMILES string of the molecule is CC(=O)Nc1cccc(CNC(=O)OC(C)(C)C)c1. The Balaban J connectivity index is 2.53. The minimum Gasteiger partial charge on any atom is -0.444 e. The molecule has 19 heavy (non-hydrogen) atoms. The summed E-state index contributed by atoms with van der Waals surface area (Å²) in [5, 5.41) is 5.35. The van der Waals surface area contributed by atoms with E-state index >= 15 is 0 Å². The lowest BCUT2D eigenvalue weighted by Gasteiger charge is -2.19. The third-order valence-electron chi connectivity index (χ3n) is 2.08. The van der Waals surface area contributed by atoms with E-state index in [1.807, 2.05) is 32.9 Å². The van der Waals surface area contributed by atoms with Gasteiger partial charge in [-0.05, 0) is 38.5 Å². The topological polar surface area (TPSA) is 67.4 Å². The molecule has 0 unspecified atom stereocenters. The van der Waals surface area contributed by atoms with E-state index in [0.717, 1.165) is 5.56 Å². The van der Waals surface area contributed by atoms with Crippen molar-refractivity contribution in [1.29, 1.82) is 0 Å². The minimum atomic E-state index is -0.512. The first-order valence-electron chi connectivity index (χ1n) is 6.09. The Morgan fingerprint density at radius 3 is 2.53 bits per heavy atom. The second-order valence-corrected chi connectivity index (χ2v) is 5.24. The Labute approximate surface area is 113 Å². The molecule has 0 aliphatic heterocycles. The van der Waals surface area contributed by atoms with E-state index in [2.05, 4.69) is 10.6 Å². The first-order valence-corrected chi connectivity index (χ1v) is 6.09. The third kappa shape index (κ3) is 6.45. The predicted octanol–water partition coefficient (Wildman–Crippen LogP) is 2.67. The van der Waals surface area contributed by atoms with Crippen molar-refractivity contribution < 1.29 is 14.3 Å². The summed E-state index contributed by atoms with van der Waals surface area (Å²) in [6.45, 7) is 7.23. The number of benzene rings is 1. The van der Waals surface area contributed by atoms with Gasteiger partial charge in [-0.15, -0.1) is 0 Å². The van der Waals surface area contributed by atoms with E-state index in [-0.39, 0.29) is 5.91 Å². The highest BCUT2D eigenvalue weighted by Crippen LogP contribution is 2.11. The van der Waals surface area contributed by atoms with Crippen molar-refractivity contribution in [2.24, 2.45) is 0 Å². The summed E-state index contributed by atoms with van der Waals surface area (Å²) in [5.41, 5.74) is 1.08. The van der Waals surface area contributed by atoms with Gasteiger partial charge in [0, 0.05) is 19.2 Å². The molecule has 0 saturated heterocycles. The summed E-state index contributed by atoms with van der Waals surface area (Å²) in [6, 6.07) is 7.28. The predicted molar refractivity (Wildman–Crippen MR) is 73.8 cm³/mol. The Morgan fingerprint density at radius 1 is 1.26 bits per heavy atom. The fourth-order valence-corrected chi connectivity index (χ4v) is 1.45. The number of nitrogens with one attached hydrogen (secondary N) is 2. The monoisotopic (exact) mass is 264 g/mol. The zero-order valence-electron chi connectivity index (χ0n) is 11.7. The molecule has 5 nitrogen and oxygen atoms in total. The molecule has 0 aliphatic carbocycles. The smallest absolute Gasteiger partial charge is 0.407 e. The van der Waals surface area contributed by atoms with Gasteiger partial charge in [-0.2, -0.15) is 0 Å². The van der Waals surface area contributed by atoms with E-state index in [9.17, 15) is 9.59 Å². The molecule has 1 aromatic carbocycles. The van der Waals surface area contributed by atoms with Crippen LogP contribution < -0.4 is 10.6 Å². The molecule has 104 valence electrons. The number of ether oxygens (including phenoxy) is 1. The number of hydrogen-bond acceptors (Lipinski definition) is 3. The van der Waals surface area contributed by atoms with Crippen LogP contribution >= 0.6 is 0 Å². The summed E-state index contributed by atoms with van der Waals surface area (Å²) < 4.78 is 5.13. The lowest BCUT2D eigenvalue weighted by molar-refractivity contribution is -0.114. The number of alkyl carbamates (subject to hydrolysis) is 1. The Kier molecular flexibility index (Phi) is 4.92. The van der Waals surface area contributed by atoms with E-state index in [1.54, 1.807) is 12.1 Å². The molecule has 5 heteroatoms. The van der Waals surface area contributed by atoms with Crippen LogP contribution in [-0.4, -0.2) is 17.6 Å². The van der Waals surface area contributed by atoms with Crippen molar-refractivity contribution in [1.82, 2.24) is 5.32 Å². The first kappa shape index (κ1) is 15.0. The van der Waals surface area contributed by atoms with Crippen LogP contribution in [0.4, 0.5) is 10.5 Å². The van der Waals surface area contributed by atoms with E-state index < -0.39 is 11.7 Å². The van der Waals surface area contributed by atoms with Gasteiger partial charge in [0.2, 0.25) is 5.91 Å². The molecule has 0 heterocycles. The van der Waals surface area contributed by atoms with Gasteiger partial charge < -0.3 is 15.4 Å². The molecule has 0 saturated carbocycles. The van der Waals surface area contributed by atoms with E-state index in [4.69, 9.17) is 4.74 Å². The van der Waals surface area contributed by atoms with Crippen LogP contribution in [0.5, 0.6) is 0 Å². The molecule has 0 bridgehead atoms. The third-order valence-corrected chi connectivity index (χ3v) is 2.08. The van der Waals surface area contributed by atoms with Crippen molar-refractivity contribution in [2.75, 3.05) is 5.32 Å². The molecular weight excluding hydrogens is 244 g/mol. The summed E-state index contributed by atoms with van der Waals surface area (Å²) in [7, 11) is 0. The highest BCUT2D eigenvalue weighted by molar-refractivity contribution is 5.88. The van der Waals surface area contributed by atoms with Gasteiger partial charge in [-0.1, -0.05) is 12.1 Å². The number of carbonyl (C=O) groups is 2. The maximum absolute atomic E-state index is 11.5. The van der Waals surface area contributed by atoms with Crippen LogP contribution in [0, 0.1) is 0 Å². The molecule has 0 atom stereocenters. The van der Waals surface area contributed by atoms with Crippen LogP contribution in [0.3, 0.4) is 0 Å². The second-order valence-electron chi connectivity index (χ2n) is 5.24. The molecule has 0 aliphatic rings. The van der Waals surface area contributed by atoms with Gasteiger partial charge in [-0.25, -0.2) is 4.79 Å².